The number of hydrogen-bond acceptors (Lipinski definition) is 8. The van der Waals surface area contributed by atoms with E-state index in [1.807, 2.05) is 51.1 Å². The van der Waals surface area contributed by atoms with Gasteiger partial charge in [-0.2, -0.15) is 0 Å². The van der Waals surface area contributed by atoms with Crippen molar-refractivity contribution in [1.29, 1.82) is 0 Å². The minimum absolute atomic E-state index is 0.160. The smallest absolute Gasteiger partial charge is 0.408 e. The van der Waals surface area contributed by atoms with Crippen molar-refractivity contribution in [3.63, 3.8) is 0 Å². The average Bonchev–Trinajstić information content (AvgIpc) is 2.98. The third-order valence-electron chi connectivity index (χ3n) is 7.94. The SMILES string of the molecule is CC(C)(C)OC(=O)NC12CCC(CCc3c(F)cnc4ccc(OCCNC(=O)OCc5ccccc5)nc34)(CC1)OC2. The number of ether oxygens (including phenoxy) is 4. The lowest BCUT2D eigenvalue weighted by molar-refractivity contribution is -0.163. The molecule has 2 N–H and O–H groups in total. The van der Waals surface area contributed by atoms with Gasteiger partial charge >= 0.3 is 12.2 Å². The number of nitrogens with zero attached hydrogens (tertiary/aromatic N) is 2. The topological polar surface area (TPSA) is 121 Å². The van der Waals surface area contributed by atoms with Crippen LogP contribution in [-0.4, -0.2) is 58.7 Å². The summed E-state index contributed by atoms with van der Waals surface area (Å²) in [5, 5.41) is 5.68. The first kappa shape index (κ1) is 30.5. The molecule has 0 unspecified atom stereocenters. The summed E-state index contributed by atoms with van der Waals surface area (Å²) < 4.78 is 37.8. The zero-order chi connectivity index (χ0) is 30.5. The van der Waals surface area contributed by atoms with Crippen molar-refractivity contribution in [3.8, 4) is 5.88 Å². The molecule has 3 aliphatic rings. The molecule has 11 heteroatoms. The molecule has 2 amide bonds. The van der Waals surface area contributed by atoms with Crippen LogP contribution < -0.4 is 15.4 Å². The normalized spacial score (nSPS) is 21.3. The predicted molar refractivity (Wildman–Crippen MR) is 157 cm³/mol. The van der Waals surface area contributed by atoms with E-state index < -0.39 is 29.1 Å². The number of amides is 2. The summed E-state index contributed by atoms with van der Waals surface area (Å²) in [5.74, 6) is -0.118. The molecule has 230 valence electrons. The Hall–Kier alpha value is -3.99. The molecule has 1 aromatic carbocycles. The highest BCUT2D eigenvalue weighted by atomic mass is 19.1. The fourth-order valence-electron chi connectivity index (χ4n) is 5.60. The quantitative estimate of drug-likeness (QED) is 0.291. The third-order valence-corrected chi connectivity index (χ3v) is 7.94. The van der Waals surface area contributed by atoms with E-state index in [1.54, 1.807) is 12.1 Å². The second kappa shape index (κ2) is 12.7. The fraction of sp³-hybridized carbons (Fsp3) is 0.500. The number of aromatic nitrogens is 2. The largest absolute Gasteiger partial charge is 0.476 e. The number of nitrogens with one attached hydrogen (secondary N) is 2. The van der Waals surface area contributed by atoms with Gasteiger partial charge in [-0.3, -0.25) is 4.98 Å². The first-order valence-corrected chi connectivity index (χ1v) is 14.7. The number of carbonyl (C=O) groups excluding carboxylic acids is 2. The van der Waals surface area contributed by atoms with Gasteiger partial charge in [-0.15, -0.1) is 0 Å². The Bertz CT molecular complexity index is 1420. The average molecular weight is 595 g/mol. The molecular weight excluding hydrogens is 555 g/mol. The minimum Gasteiger partial charge on any atom is -0.476 e. The number of alkyl carbamates (subject to hydrolysis) is 2. The Morgan fingerprint density at radius 1 is 1.05 bits per heavy atom. The second-order valence-electron chi connectivity index (χ2n) is 12.3. The molecule has 1 saturated carbocycles. The van der Waals surface area contributed by atoms with E-state index in [2.05, 4.69) is 20.6 Å². The molecule has 3 fully saturated rings. The molecule has 2 aliphatic heterocycles. The highest BCUT2D eigenvalue weighted by Crippen LogP contribution is 2.46. The molecular formula is C32H39FN4O6. The number of hydrogen-bond donors (Lipinski definition) is 2. The molecule has 0 atom stereocenters. The Labute approximate surface area is 250 Å². The molecule has 0 spiro atoms. The summed E-state index contributed by atoms with van der Waals surface area (Å²) >= 11 is 0. The Morgan fingerprint density at radius 3 is 2.51 bits per heavy atom. The number of benzene rings is 1. The van der Waals surface area contributed by atoms with Gasteiger partial charge in [0.1, 0.15) is 24.6 Å². The van der Waals surface area contributed by atoms with Crippen molar-refractivity contribution in [2.24, 2.45) is 0 Å². The number of carbonyl (C=O) groups is 2. The maximum atomic E-state index is 15.1. The number of aryl methyl sites for hydroxylation is 1. The summed E-state index contributed by atoms with van der Waals surface area (Å²) in [6.07, 6.45) is 4.35. The van der Waals surface area contributed by atoms with Crippen molar-refractivity contribution < 1.29 is 32.9 Å². The van der Waals surface area contributed by atoms with E-state index in [9.17, 15) is 9.59 Å². The third kappa shape index (κ3) is 7.90. The van der Waals surface area contributed by atoms with Crippen molar-refractivity contribution in [1.82, 2.24) is 20.6 Å². The van der Waals surface area contributed by atoms with Crippen molar-refractivity contribution in [2.75, 3.05) is 19.8 Å². The van der Waals surface area contributed by atoms with Gasteiger partial charge in [0.25, 0.3) is 0 Å². The Morgan fingerprint density at radius 2 is 1.81 bits per heavy atom. The van der Waals surface area contributed by atoms with Crippen LogP contribution in [0.15, 0.2) is 48.7 Å². The van der Waals surface area contributed by atoms with Crippen molar-refractivity contribution >= 4 is 23.2 Å². The molecule has 3 aromatic rings. The van der Waals surface area contributed by atoms with Gasteiger partial charge in [0.15, 0.2) is 0 Å². The van der Waals surface area contributed by atoms with Crippen LogP contribution in [0.5, 0.6) is 5.88 Å². The first-order valence-electron chi connectivity index (χ1n) is 14.7. The summed E-state index contributed by atoms with van der Waals surface area (Å²) in [5.41, 5.74) is 0.985. The van der Waals surface area contributed by atoms with Crippen molar-refractivity contribution in [3.05, 3.63) is 65.6 Å². The molecule has 2 aromatic heterocycles. The fourth-order valence-corrected chi connectivity index (χ4v) is 5.60. The van der Waals surface area contributed by atoms with Crippen LogP contribution in [0.4, 0.5) is 14.0 Å². The van der Waals surface area contributed by atoms with Gasteiger partial charge in [-0.25, -0.2) is 19.0 Å². The number of rotatable bonds is 10. The molecule has 2 saturated heterocycles. The molecule has 10 nitrogen and oxygen atoms in total. The number of fused-ring (bicyclic) bond motifs is 4. The van der Waals surface area contributed by atoms with Gasteiger partial charge in [-0.05, 0) is 70.9 Å². The van der Waals surface area contributed by atoms with Gasteiger partial charge < -0.3 is 29.6 Å². The van der Waals surface area contributed by atoms with Gasteiger partial charge in [0.05, 0.1) is 41.5 Å². The van der Waals surface area contributed by atoms with E-state index in [1.165, 1.54) is 6.20 Å². The number of halogens is 1. The van der Waals surface area contributed by atoms with Crippen molar-refractivity contribution in [2.45, 2.75) is 82.6 Å². The van der Waals surface area contributed by atoms with Crippen LogP contribution in [0.2, 0.25) is 0 Å². The summed E-state index contributed by atoms with van der Waals surface area (Å²) in [7, 11) is 0. The minimum atomic E-state index is -0.571. The molecule has 6 rings (SSSR count). The van der Waals surface area contributed by atoms with Gasteiger partial charge in [-0.1, -0.05) is 30.3 Å². The van der Waals surface area contributed by atoms with E-state index in [-0.39, 0.29) is 25.4 Å². The molecule has 43 heavy (non-hydrogen) atoms. The van der Waals surface area contributed by atoms with Crippen LogP contribution in [0.25, 0.3) is 11.0 Å². The summed E-state index contributed by atoms with van der Waals surface area (Å²) in [6.45, 7) is 6.46. The molecule has 0 radical (unpaired) electrons. The lowest BCUT2D eigenvalue weighted by atomic mass is 9.69. The van der Waals surface area contributed by atoms with Crippen LogP contribution in [-0.2, 0) is 27.2 Å². The van der Waals surface area contributed by atoms with E-state index in [0.717, 1.165) is 31.2 Å². The maximum Gasteiger partial charge on any atom is 0.408 e. The summed E-state index contributed by atoms with van der Waals surface area (Å²) in [4.78, 5) is 33.1. The summed E-state index contributed by atoms with van der Waals surface area (Å²) in [6, 6.07) is 12.8. The lowest BCUT2D eigenvalue weighted by Gasteiger charge is -2.53. The maximum absolute atomic E-state index is 15.1. The Balaban J connectivity index is 1.14. The lowest BCUT2D eigenvalue weighted by Crippen LogP contribution is -2.63. The molecule has 2 bridgehead atoms. The van der Waals surface area contributed by atoms with E-state index >= 15 is 4.39 Å². The predicted octanol–water partition coefficient (Wildman–Crippen LogP) is 5.61. The van der Waals surface area contributed by atoms with Crippen LogP contribution in [0.1, 0.15) is 64.0 Å². The van der Waals surface area contributed by atoms with Crippen LogP contribution in [0, 0.1) is 5.82 Å². The Kier molecular flexibility index (Phi) is 9.00. The highest BCUT2D eigenvalue weighted by molar-refractivity contribution is 5.78. The van der Waals surface area contributed by atoms with E-state index in [0.29, 0.717) is 41.9 Å². The molecule has 1 aliphatic carbocycles. The first-order chi connectivity index (χ1) is 20.5. The number of pyridine rings is 2. The van der Waals surface area contributed by atoms with E-state index in [4.69, 9.17) is 18.9 Å². The van der Waals surface area contributed by atoms with Gasteiger partial charge in [0, 0.05) is 11.6 Å². The van der Waals surface area contributed by atoms with Crippen LogP contribution >= 0.6 is 0 Å². The van der Waals surface area contributed by atoms with Crippen LogP contribution in [0.3, 0.4) is 0 Å². The highest BCUT2D eigenvalue weighted by Gasteiger charge is 2.50. The monoisotopic (exact) mass is 594 g/mol. The standard InChI is InChI=1S/C32H39FN4O6/c1-30(2,3)43-29(39)37-31-13-15-32(16-14-31,42-21-31)12-11-23-24(33)19-35-25-9-10-26(36-27(23)25)40-18-17-34-28(38)41-20-22-7-5-4-6-8-22/h4-10,19H,11-18,20-21H2,1-3H3,(H,34,38)(H,37,39). The zero-order valence-electron chi connectivity index (χ0n) is 24.9. The second-order valence-corrected chi connectivity index (χ2v) is 12.3. The molecule has 4 heterocycles. The van der Waals surface area contributed by atoms with Gasteiger partial charge in [0.2, 0.25) is 5.88 Å². The zero-order valence-corrected chi connectivity index (χ0v) is 24.9.